The summed E-state index contributed by atoms with van der Waals surface area (Å²) >= 11 is 0. The second kappa shape index (κ2) is 8.32. The minimum atomic E-state index is -3.34. The Hall–Kier alpha value is -1.40. The van der Waals surface area contributed by atoms with Gasteiger partial charge in [0.2, 0.25) is 15.9 Å². The van der Waals surface area contributed by atoms with E-state index in [-0.39, 0.29) is 23.6 Å². The zero-order valence-corrected chi connectivity index (χ0v) is 16.5. The summed E-state index contributed by atoms with van der Waals surface area (Å²) in [5, 5.41) is 3.04. The first-order chi connectivity index (χ1) is 11.7. The molecular weight excluding hydrogens is 336 g/mol. The molecule has 140 valence electrons. The third-order valence-corrected chi connectivity index (χ3v) is 6.87. The quantitative estimate of drug-likeness (QED) is 0.842. The van der Waals surface area contributed by atoms with Gasteiger partial charge in [-0.3, -0.25) is 4.79 Å². The van der Waals surface area contributed by atoms with Gasteiger partial charge in [0.1, 0.15) is 0 Å². The minimum absolute atomic E-state index is 0.0237. The molecule has 0 radical (unpaired) electrons. The molecule has 0 aliphatic carbocycles. The van der Waals surface area contributed by atoms with Crippen LogP contribution in [-0.2, 0) is 20.6 Å². The maximum absolute atomic E-state index is 12.6. The molecule has 1 aliphatic rings. The molecule has 1 aromatic rings. The smallest absolute Gasteiger partial charge is 0.223 e. The Balaban J connectivity index is 1.91. The highest BCUT2D eigenvalue weighted by Crippen LogP contribution is 2.22. The van der Waals surface area contributed by atoms with Gasteiger partial charge in [-0.05, 0) is 38.2 Å². The first-order valence-electron chi connectivity index (χ1n) is 9.03. The van der Waals surface area contributed by atoms with Gasteiger partial charge in [-0.15, -0.1) is 0 Å². The molecule has 1 aromatic carbocycles. The first-order valence-corrected chi connectivity index (χ1v) is 10.6. The zero-order valence-electron chi connectivity index (χ0n) is 15.7. The summed E-state index contributed by atoms with van der Waals surface area (Å²) in [6, 6.07) is 7.73. The van der Waals surface area contributed by atoms with E-state index in [1.807, 2.05) is 38.1 Å². The fraction of sp³-hybridized carbons (Fsp3) is 0.632. The van der Waals surface area contributed by atoms with E-state index in [0.717, 1.165) is 11.1 Å². The van der Waals surface area contributed by atoms with Crippen molar-refractivity contribution in [3.05, 3.63) is 35.4 Å². The Morgan fingerprint density at radius 2 is 1.88 bits per heavy atom. The lowest BCUT2D eigenvalue weighted by molar-refractivity contribution is -0.127. The number of rotatable bonds is 6. The van der Waals surface area contributed by atoms with Crippen LogP contribution in [0.4, 0.5) is 0 Å². The predicted octanol–water partition coefficient (Wildman–Crippen LogP) is 2.70. The van der Waals surface area contributed by atoms with Crippen molar-refractivity contribution < 1.29 is 13.2 Å². The maximum atomic E-state index is 12.6. The third kappa shape index (κ3) is 5.54. The maximum Gasteiger partial charge on any atom is 0.223 e. The van der Waals surface area contributed by atoms with Crippen molar-refractivity contribution in [3.8, 4) is 0 Å². The van der Waals surface area contributed by atoms with Crippen molar-refractivity contribution in [1.29, 1.82) is 0 Å². The summed E-state index contributed by atoms with van der Waals surface area (Å²) in [7, 11) is -3.34. The van der Waals surface area contributed by atoms with E-state index in [2.05, 4.69) is 19.2 Å². The Morgan fingerprint density at radius 3 is 2.44 bits per heavy atom. The molecule has 1 aliphatic heterocycles. The fourth-order valence-electron chi connectivity index (χ4n) is 3.01. The van der Waals surface area contributed by atoms with Gasteiger partial charge < -0.3 is 5.32 Å². The molecule has 1 saturated heterocycles. The Labute approximate surface area is 151 Å². The topological polar surface area (TPSA) is 66.5 Å². The van der Waals surface area contributed by atoms with E-state index in [4.69, 9.17) is 0 Å². The van der Waals surface area contributed by atoms with Gasteiger partial charge in [0.05, 0.1) is 5.75 Å². The van der Waals surface area contributed by atoms with Crippen LogP contribution in [0.1, 0.15) is 44.7 Å². The molecule has 0 unspecified atom stereocenters. The lowest BCUT2D eigenvalue weighted by Crippen LogP contribution is -2.46. The summed E-state index contributed by atoms with van der Waals surface area (Å²) in [4.78, 5) is 12.3. The number of amides is 1. The number of carbonyl (C=O) groups is 1. The molecule has 1 heterocycles. The largest absolute Gasteiger partial charge is 0.353 e. The number of sulfonamides is 1. The molecule has 0 aromatic heterocycles. The average molecular weight is 367 g/mol. The highest BCUT2D eigenvalue weighted by atomic mass is 32.2. The van der Waals surface area contributed by atoms with Crippen LogP contribution in [0, 0.1) is 18.8 Å². The number of nitrogens with zero attached hydrogens (tertiary/aromatic N) is 1. The lowest BCUT2D eigenvalue weighted by Gasteiger charge is -2.31. The fourth-order valence-corrected chi connectivity index (χ4v) is 4.56. The van der Waals surface area contributed by atoms with Gasteiger partial charge in [-0.25, -0.2) is 12.7 Å². The van der Waals surface area contributed by atoms with Crippen LogP contribution in [-0.4, -0.2) is 37.8 Å². The van der Waals surface area contributed by atoms with Gasteiger partial charge in [0.15, 0.2) is 0 Å². The van der Waals surface area contributed by atoms with Crippen molar-refractivity contribution in [2.75, 3.05) is 13.1 Å². The molecule has 1 amide bonds. The number of hydrogen-bond acceptors (Lipinski definition) is 3. The van der Waals surface area contributed by atoms with Gasteiger partial charge in [0, 0.05) is 25.0 Å². The first kappa shape index (κ1) is 19.9. The van der Waals surface area contributed by atoms with Crippen molar-refractivity contribution >= 4 is 15.9 Å². The molecule has 5 nitrogen and oxygen atoms in total. The second-order valence-electron chi connectivity index (χ2n) is 7.46. The van der Waals surface area contributed by atoms with Crippen LogP contribution in [0.2, 0.25) is 0 Å². The van der Waals surface area contributed by atoms with Gasteiger partial charge in [-0.1, -0.05) is 43.7 Å². The van der Waals surface area contributed by atoms with E-state index in [9.17, 15) is 13.2 Å². The third-order valence-electron chi connectivity index (χ3n) is 5.02. The Bertz CT molecular complexity index is 692. The van der Waals surface area contributed by atoms with E-state index >= 15 is 0 Å². The predicted molar refractivity (Wildman–Crippen MR) is 101 cm³/mol. The van der Waals surface area contributed by atoms with Crippen LogP contribution >= 0.6 is 0 Å². The molecule has 1 N–H and O–H groups in total. The molecule has 2 rings (SSSR count). The molecule has 1 atom stereocenters. The summed E-state index contributed by atoms with van der Waals surface area (Å²) in [5.74, 6) is 0.373. The number of nitrogens with one attached hydrogen (secondary N) is 1. The summed E-state index contributed by atoms with van der Waals surface area (Å²) in [6.45, 7) is 8.95. The van der Waals surface area contributed by atoms with Crippen LogP contribution < -0.4 is 5.32 Å². The normalized spacial score (nSPS) is 18.3. The summed E-state index contributed by atoms with van der Waals surface area (Å²) in [6.07, 6.45) is 1.17. The van der Waals surface area contributed by atoms with Gasteiger partial charge in [-0.2, -0.15) is 0 Å². The highest BCUT2D eigenvalue weighted by Gasteiger charge is 2.31. The molecule has 6 heteroatoms. The molecular formula is C19H30N2O3S. The summed E-state index contributed by atoms with van der Waals surface area (Å²) < 4.78 is 26.8. The van der Waals surface area contributed by atoms with Gasteiger partial charge >= 0.3 is 0 Å². The average Bonchev–Trinajstić information content (AvgIpc) is 2.54. The molecule has 0 saturated carbocycles. The van der Waals surface area contributed by atoms with Crippen LogP contribution in [0.15, 0.2) is 24.3 Å². The minimum Gasteiger partial charge on any atom is -0.353 e. The molecule has 0 bridgehead atoms. The monoisotopic (exact) mass is 366 g/mol. The van der Waals surface area contributed by atoms with Gasteiger partial charge in [0.25, 0.3) is 0 Å². The van der Waals surface area contributed by atoms with E-state index in [1.54, 1.807) is 0 Å². The number of hydrogen-bond donors (Lipinski definition) is 1. The molecule has 1 fully saturated rings. The van der Waals surface area contributed by atoms with Crippen molar-refractivity contribution in [3.63, 3.8) is 0 Å². The standard InChI is InChI=1S/C19H30N2O3S/c1-14(2)16(4)20-19(22)18-8-10-21(11-9-18)25(23,24)13-17-7-5-6-15(3)12-17/h5-7,12,14,16,18H,8-11,13H2,1-4H3,(H,20,22)/t16-/m0/s1. The zero-order chi connectivity index (χ0) is 18.6. The van der Waals surface area contributed by atoms with Crippen molar-refractivity contribution in [2.45, 2.75) is 52.3 Å². The van der Waals surface area contributed by atoms with E-state index in [0.29, 0.717) is 31.8 Å². The number of piperidine rings is 1. The van der Waals surface area contributed by atoms with E-state index < -0.39 is 10.0 Å². The van der Waals surface area contributed by atoms with Crippen LogP contribution in [0.5, 0.6) is 0 Å². The lowest BCUT2D eigenvalue weighted by atomic mass is 9.96. The molecule has 0 spiro atoms. The highest BCUT2D eigenvalue weighted by molar-refractivity contribution is 7.88. The Morgan fingerprint density at radius 1 is 1.24 bits per heavy atom. The van der Waals surface area contributed by atoms with E-state index in [1.165, 1.54) is 4.31 Å². The second-order valence-corrected chi connectivity index (χ2v) is 9.43. The van der Waals surface area contributed by atoms with Crippen molar-refractivity contribution in [2.24, 2.45) is 11.8 Å². The summed E-state index contributed by atoms with van der Waals surface area (Å²) in [5.41, 5.74) is 1.87. The molecule has 25 heavy (non-hydrogen) atoms. The number of aryl methyl sites for hydroxylation is 1. The SMILES string of the molecule is Cc1cccc(CS(=O)(=O)N2CCC(C(=O)N[C@@H](C)C(C)C)CC2)c1. The van der Waals surface area contributed by atoms with Crippen molar-refractivity contribution in [1.82, 2.24) is 9.62 Å². The Kier molecular flexibility index (Phi) is 6.63. The van der Waals surface area contributed by atoms with Crippen LogP contribution in [0.3, 0.4) is 0 Å². The number of benzene rings is 1. The van der Waals surface area contributed by atoms with Crippen LogP contribution in [0.25, 0.3) is 0 Å². The number of carbonyl (C=O) groups excluding carboxylic acids is 1.